The normalized spacial score (nSPS) is 13.4. The van der Waals surface area contributed by atoms with Crippen molar-refractivity contribution in [3.63, 3.8) is 0 Å². The predicted octanol–water partition coefficient (Wildman–Crippen LogP) is 12.6. The molecule has 9 nitrogen and oxygen atoms in total. The van der Waals surface area contributed by atoms with Gasteiger partial charge in [-0.25, -0.2) is 4.57 Å². The Labute approximate surface area is 326 Å². The largest absolute Gasteiger partial charge is 0.472 e. The molecule has 0 saturated carbocycles. The van der Waals surface area contributed by atoms with E-state index < -0.39 is 26.5 Å². The number of hydrogen-bond acceptors (Lipinski definition) is 8. The van der Waals surface area contributed by atoms with Crippen molar-refractivity contribution < 1.29 is 37.6 Å². The quantitative estimate of drug-likeness (QED) is 0.0269. The van der Waals surface area contributed by atoms with Crippen LogP contribution in [0, 0.1) is 0 Å². The Kier molecular flexibility index (Phi) is 39.5. The van der Waals surface area contributed by atoms with Gasteiger partial charge in [-0.1, -0.05) is 187 Å². The average molecular weight is 774 g/mol. The van der Waals surface area contributed by atoms with E-state index in [1.165, 1.54) is 128 Å². The van der Waals surface area contributed by atoms with Crippen molar-refractivity contribution in [1.82, 2.24) is 0 Å². The number of unbranched alkanes of at least 4 members (excludes halogenated alkanes) is 27. The summed E-state index contributed by atoms with van der Waals surface area (Å²) in [6, 6.07) is 0. The zero-order valence-corrected chi connectivity index (χ0v) is 35.4. The summed E-state index contributed by atoms with van der Waals surface area (Å²) in [5, 5.41) is 0. The summed E-state index contributed by atoms with van der Waals surface area (Å²) in [6.45, 7) is 3.71. The van der Waals surface area contributed by atoms with Gasteiger partial charge >= 0.3 is 19.8 Å². The second-order valence-electron chi connectivity index (χ2n) is 14.9. The second-order valence-corrected chi connectivity index (χ2v) is 16.4. The van der Waals surface area contributed by atoms with Crippen LogP contribution in [0.4, 0.5) is 0 Å². The van der Waals surface area contributed by atoms with Crippen molar-refractivity contribution in [2.45, 2.75) is 225 Å². The van der Waals surface area contributed by atoms with Gasteiger partial charge in [-0.2, -0.15) is 0 Å². The lowest BCUT2D eigenvalue weighted by atomic mass is 10.0. The smallest absolute Gasteiger partial charge is 0.462 e. The molecule has 1 unspecified atom stereocenters. The molecule has 10 heteroatoms. The first-order valence-electron chi connectivity index (χ1n) is 22.2. The number of allylic oxidation sites excluding steroid dienone is 2. The second kappa shape index (κ2) is 40.4. The van der Waals surface area contributed by atoms with E-state index in [0.717, 1.165) is 57.8 Å². The summed E-state index contributed by atoms with van der Waals surface area (Å²) in [4.78, 5) is 34.8. The fourth-order valence-electron chi connectivity index (χ4n) is 6.32. The number of rotatable bonds is 42. The van der Waals surface area contributed by atoms with Gasteiger partial charge in [0.25, 0.3) is 0 Å². The Morgan fingerprint density at radius 3 is 1.40 bits per heavy atom. The Morgan fingerprint density at radius 1 is 0.547 bits per heavy atom. The van der Waals surface area contributed by atoms with E-state index in [1.54, 1.807) is 0 Å². The first-order valence-corrected chi connectivity index (χ1v) is 23.7. The third-order valence-electron chi connectivity index (χ3n) is 9.65. The molecule has 0 radical (unpaired) electrons. The van der Waals surface area contributed by atoms with Crippen LogP contribution in [-0.4, -0.2) is 49.3 Å². The number of phosphoric acid groups is 1. The highest BCUT2D eigenvalue weighted by Crippen LogP contribution is 2.43. The molecule has 0 aliphatic carbocycles. The molecular formula is C43H84NO8P. The summed E-state index contributed by atoms with van der Waals surface area (Å²) < 4.78 is 32.7. The van der Waals surface area contributed by atoms with Gasteiger partial charge in [-0.05, 0) is 32.1 Å². The highest BCUT2D eigenvalue weighted by atomic mass is 31.2. The van der Waals surface area contributed by atoms with Crippen LogP contribution in [0.5, 0.6) is 0 Å². The van der Waals surface area contributed by atoms with Crippen molar-refractivity contribution in [3.05, 3.63) is 12.2 Å². The predicted molar refractivity (Wildman–Crippen MR) is 220 cm³/mol. The highest BCUT2D eigenvalue weighted by molar-refractivity contribution is 7.47. The molecule has 53 heavy (non-hydrogen) atoms. The molecule has 0 heterocycles. The number of phosphoric ester groups is 1. The average Bonchev–Trinajstić information content (AvgIpc) is 3.14. The molecule has 0 aliphatic heterocycles. The van der Waals surface area contributed by atoms with Crippen LogP contribution >= 0.6 is 7.82 Å². The molecule has 0 bridgehead atoms. The van der Waals surface area contributed by atoms with Gasteiger partial charge in [0.1, 0.15) is 6.61 Å². The van der Waals surface area contributed by atoms with E-state index in [1.807, 2.05) is 0 Å². The minimum Gasteiger partial charge on any atom is -0.462 e. The van der Waals surface area contributed by atoms with E-state index in [2.05, 4.69) is 26.0 Å². The number of carbonyl (C=O) groups is 2. The summed E-state index contributed by atoms with van der Waals surface area (Å²) in [6.07, 6.45) is 41.1. The van der Waals surface area contributed by atoms with Crippen molar-refractivity contribution in [2.75, 3.05) is 26.4 Å². The molecule has 0 aromatic rings. The van der Waals surface area contributed by atoms with Gasteiger partial charge in [-0.15, -0.1) is 0 Å². The molecule has 0 rings (SSSR count). The molecular weight excluding hydrogens is 689 g/mol. The van der Waals surface area contributed by atoms with Crippen LogP contribution in [0.25, 0.3) is 0 Å². The Balaban J connectivity index is 4.01. The van der Waals surface area contributed by atoms with Crippen molar-refractivity contribution in [1.29, 1.82) is 0 Å². The molecule has 2 atom stereocenters. The maximum absolute atomic E-state index is 12.5. The molecule has 0 amide bonds. The lowest BCUT2D eigenvalue weighted by Crippen LogP contribution is -2.29. The van der Waals surface area contributed by atoms with Crippen molar-refractivity contribution >= 4 is 19.8 Å². The van der Waals surface area contributed by atoms with Crippen LogP contribution in [0.1, 0.15) is 219 Å². The van der Waals surface area contributed by atoms with E-state index in [4.69, 9.17) is 24.3 Å². The number of hydrogen-bond donors (Lipinski definition) is 2. The SMILES string of the molecule is CCCC/C=C/CCCCCCCC(=O)O[C@@H](COC(=O)CCCCCCCCCCCCCCCCCCCCCCC)COP(=O)(O)OCCN. The summed E-state index contributed by atoms with van der Waals surface area (Å²) in [5.74, 6) is -0.830. The first kappa shape index (κ1) is 51.8. The minimum atomic E-state index is -4.37. The van der Waals surface area contributed by atoms with Gasteiger partial charge in [0, 0.05) is 19.4 Å². The van der Waals surface area contributed by atoms with Gasteiger partial charge in [-0.3, -0.25) is 18.6 Å². The first-order chi connectivity index (χ1) is 25.8. The molecule has 0 saturated heterocycles. The third kappa shape index (κ3) is 40.2. The molecule has 0 spiro atoms. The Hall–Kier alpha value is -1.25. The van der Waals surface area contributed by atoms with Crippen LogP contribution in [0.2, 0.25) is 0 Å². The Bertz CT molecular complexity index is 886. The van der Waals surface area contributed by atoms with Crippen LogP contribution in [0.3, 0.4) is 0 Å². The molecule has 0 aliphatic rings. The number of ether oxygens (including phenoxy) is 2. The van der Waals surface area contributed by atoms with Crippen LogP contribution < -0.4 is 5.73 Å². The summed E-state index contributed by atoms with van der Waals surface area (Å²) >= 11 is 0. The third-order valence-corrected chi connectivity index (χ3v) is 10.6. The van der Waals surface area contributed by atoms with Crippen molar-refractivity contribution in [2.24, 2.45) is 5.73 Å². The number of esters is 2. The maximum Gasteiger partial charge on any atom is 0.472 e. The summed E-state index contributed by atoms with van der Waals surface area (Å²) in [5.41, 5.74) is 5.34. The number of nitrogens with two attached hydrogens (primary N) is 1. The molecule has 3 N–H and O–H groups in total. The van der Waals surface area contributed by atoms with Crippen molar-refractivity contribution in [3.8, 4) is 0 Å². The van der Waals surface area contributed by atoms with E-state index in [0.29, 0.717) is 6.42 Å². The number of carbonyl (C=O) groups excluding carboxylic acids is 2. The zero-order chi connectivity index (χ0) is 38.9. The van der Waals surface area contributed by atoms with E-state index in [9.17, 15) is 19.0 Å². The van der Waals surface area contributed by atoms with Gasteiger partial charge in [0.2, 0.25) is 0 Å². The fraction of sp³-hybridized carbons (Fsp3) is 0.907. The molecule has 314 valence electrons. The van der Waals surface area contributed by atoms with E-state index in [-0.39, 0.29) is 38.6 Å². The van der Waals surface area contributed by atoms with Crippen LogP contribution in [0.15, 0.2) is 12.2 Å². The Morgan fingerprint density at radius 2 is 0.943 bits per heavy atom. The maximum atomic E-state index is 12.5. The summed E-state index contributed by atoms with van der Waals surface area (Å²) in [7, 11) is -4.37. The standard InChI is InChI=1S/C43H84NO8P/c1-3-5-7-9-11-13-15-16-17-18-19-20-21-22-23-24-26-27-29-31-33-35-42(45)49-39-41(40-51-53(47,48)50-38-37-44)52-43(46)36-34-32-30-28-25-14-12-10-8-6-4-2/h10,12,41H,3-9,11,13-40,44H2,1-2H3,(H,47,48)/b12-10+/t41-/m0/s1. The van der Waals surface area contributed by atoms with Gasteiger partial charge < -0.3 is 20.1 Å². The fourth-order valence-corrected chi connectivity index (χ4v) is 7.09. The van der Waals surface area contributed by atoms with Gasteiger partial charge in [0.15, 0.2) is 6.10 Å². The molecule has 0 fully saturated rings. The monoisotopic (exact) mass is 774 g/mol. The molecule has 0 aromatic carbocycles. The van der Waals surface area contributed by atoms with E-state index >= 15 is 0 Å². The lowest BCUT2D eigenvalue weighted by molar-refractivity contribution is -0.161. The zero-order valence-electron chi connectivity index (χ0n) is 34.5. The molecule has 0 aromatic heterocycles. The van der Waals surface area contributed by atoms with Gasteiger partial charge in [0.05, 0.1) is 13.2 Å². The highest BCUT2D eigenvalue weighted by Gasteiger charge is 2.26. The topological polar surface area (TPSA) is 134 Å². The lowest BCUT2D eigenvalue weighted by Gasteiger charge is -2.19. The van der Waals surface area contributed by atoms with Crippen LogP contribution in [-0.2, 0) is 32.7 Å². The minimum absolute atomic E-state index is 0.0547.